The summed E-state index contributed by atoms with van der Waals surface area (Å²) in [7, 11) is 0. The second kappa shape index (κ2) is 9.29. The zero-order valence-corrected chi connectivity index (χ0v) is 25.8. The SMILES string of the molecule is CC1(C)c2ccccc2-c2cc3c(cc21)sc1cc(-c2ccc(C#N)cc2-n2c4c(c5ccccc52)C=C(C#N)CC4)ccc13. The molecule has 0 spiro atoms. The Morgan fingerprint density at radius 3 is 2.38 bits per heavy atom. The summed E-state index contributed by atoms with van der Waals surface area (Å²) in [5, 5.41) is 23.3. The number of nitrogens with zero attached hydrogens (tertiary/aromatic N) is 3. The molecule has 5 aromatic carbocycles. The summed E-state index contributed by atoms with van der Waals surface area (Å²) in [6.07, 6.45) is 3.54. The first-order valence-corrected chi connectivity index (χ1v) is 16.2. The van der Waals surface area contributed by atoms with Crippen molar-refractivity contribution in [3.8, 4) is 40.1 Å². The molecule has 0 amide bonds. The number of nitriles is 2. The van der Waals surface area contributed by atoms with E-state index in [1.165, 1.54) is 48.1 Å². The Labute approximate surface area is 265 Å². The van der Waals surface area contributed by atoms with E-state index in [0.29, 0.717) is 12.0 Å². The van der Waals surface area contributed by atoms with Gasteiger partial charge in [-0.15, -0.1) is 11.3 Å². The van der Waals surface area contributed by atoms with Gasteiger partial charge in [-0.25, -0.2) is 0 Å². The van der Waals surface area contributed by atoms with E-state index >= 15 is 0 Å². The van der Waals surface area contributed by atoms with Crippen molar-refractivity contribution >= 4 is 48.5 Å². The van der Waals surface area contributed by atoms with Gasteiger partial charge < -0.3 is 4.57 Å². The summed E-state index contributed by atoms with van der Waals surface area (Å²) < 4.78 is 4.89. The average Bonchev–Trinajstić information content (AvgIpc) is 3.68. The van der Waals surface area contributed by atoms with Gasteiger partial charge in [-0.05, 0) is 83.1 Å². The van der Waals surface area contributed by atoms with Gasteiger partial charge in [-0.3, -0.25) is 0 Å². The number of rotatable bonds is 2. The number of para-hydroxylation sites is 1. The minimum Gasteiger partial charge on any atom is -0.312 e. The van der Waals surface area contributed by atoms with E-state index in [9.17, 15) is 10.5 Å². The van der Waals surface area contributed by atoms with Crippen LogP contribution in [0.2, 0.25) is 0 Å². The zero-order valence-electron chi connectivity index (χ0n) is 25.0. The average molecular weight is 594 g/mol. The molecule has 2 aliphatic rings. The van der Waals surface area contributed by atoms with Crippen LogP contribution < -0.4 is 0 Å². The molecule has 0 radical (unpaired) electrons. The highest BCUT2D eigenvalue weighted by Gasteiger charge is 2.35. The molecule has 0 saturated heterocycles. The van der Waals surface area contributed by atoms with Crippen molar-refractivity contribution in [1.29, 1.82) is 10.5 Å². The van der Waals surface area contributed by atoms with Crippen LogP contribution in [0.1, 0.15) is 48.2 Å². The molecule has 0 unspecified atom stereocenters. The lowest BCUT2D eigenvalue weighted by atomic mass is 9.82. The van der Waals surface area contributed by atoms with E-state index in [-0.39, 0.29) is 5.41 Å². The number of fused-ring (bicyclic) bond motifs is 9. The van der Waals surface area contributed by atoms with Crippen molar-refractivity contribution in [1.82, 2.24) is 4.57 Å². The summed E-state index contributed by atoms with van der Waals surface area (Å²) >= 11 is 1.86. The van der Waals surface area contributed by atoms with Gasteiger partial charge in [0, 0.05) is 53.4 Å². The molecule has 0 aliphatic heterocycles. The van der Waals surface area contributed by atoms with E-state index in [0.717, 1.165) is 45.3 Å². The van der Waals surface area contributed by atoms with Crippen LogP contribution in [0.5, 0.6) is 0 Å². The fourth-order valence-electron chi connectivity index (χ4n) is 7.76. The van der Waals surface area contributed by atoms with Crippen LogP contribution in [-0.4, -0.2) is 4.57 Å². The summed E-state index contributed by atoms with van der Waals surface area (Å²) in [6, 6.07) is 39.6. The maximum absolute atomic E-state index is 9.93. The normalized spacial score (nSPS) is 14.5. The molecule has 9 rings (SSSR count). The van der Waals surface area contributed by atoms with Crippen LogP contribution in [0.4, 0.5) is 0 Å². The quantitative estimate of drug-likeness (QED) is 0.200. The second-order valence-electron chi connectivity index (χ2n) is 12.7. The fourth-order valence-corrected chi connectivity index (χ4v) is 8.92. The molecule has 0 bridgehead atoms. The van der Waals surface area contributed by atoms with Crippen LogP contribution in [0.15, 0.2) is 103 Å². The lowest BCUT2D eigenvalue weighted by Crippen LogP contribution is -2.14. The van der Waals surface area contributed by atoms with Crippen molar-refractivity contribution in [2.75, 3.05) is 0 Å². The largest absolute Gasteiger partial charge is 0.312 e. The molecule has 0 N–H and O–H groups in total. The minimum absolute atomic E-state index is 0.0271. The number of benzene rings is 5. The Bertz CT molecular complexity index is 2540. The van der Waals surface area contributed by atoms with Crippen LogP contribution in [0.3, 0.4) is 0 Å². The molecule has 2 aliphatic carbocycles. The summed E-state index contributed by atoms with van der Waals surface area (Å²) in [4.78, 5) is 0. The predicted octanol–water partition coefficient (Wildman–Crippen LogP) is 10.7. The number of aromatic nitrogens is 1. The molecule has 0 atom stereocenters. The number of thiophene rings is 1. The van der Waals surface area contributed by atoms with Gasteiger partial charge in [0.1, 0.15) is 0 Å². The van der Waals surface area contributed by atoms with Gasteiger partial charge >= 0.3 is 0 Å². The molecule has 2 aromatic heterocycles. The lowest BCUT2D eigenvalue weighted by molar-refractivity contribution is 0.661. The molecule has 7 aromatic rings. The Kier molecular flexibility index (Phi) is 5.37. The van der Waals surface area contributed by atoms with Gasteiger partial charge in [-0.1, -0.05) is 74.5 Å². The molecular weight excluding hydrogens is 567 g/mol. The Hall–Kier alpha value is -5.42. The van der Waals surface area contributed by atoms with Crippen molar-refractivity contribution in [3.05, 3.63) is 131 Å². The molecule has 0 fully saturated rings. The Morgan fingerprint density at radius 2 is 1.51 bits per heavy atom. The molecule has 45 heavy (non-hydrogen) atoms. The van der Waals surface area contributed by atoms with Gasteiger partial charge in [-0.2, -0.15) is 10.5 Å². The standard InChI is InChI=1S/C41H27N3S/c1-41(2)34-9-5-3-7-28(34)31-20-33-30-15-13-26(19-39(30)45-40(33)21-35(31)41)27-14-11-25(23-43)18-38(27)44-36-10-6-4-8-29(36)32-17-24(22-42)12-16-37(32)44/h3-11,13-15,17-21H,12,16H2,1-2H3. The van der Waals surface area contributed by atoms with Crippen molar-refractivity contribution in [3.63, 3.8) is 0 Å². The third-order valence-electron chi connectivity index (χ3n) is 9.96. The first kappa shape index (κ1) is 26.0. The third kappa shape index (κ3) is 3.61. The molecular formula is C41H27N3S. The highest BCUT2D eigenvalue weighted by molar-refractivity contribution is 7.25. The Morgan fingerprint density at radius 1 is 0.689 bits per heavy atom. The van der Waals surface area contributed by atoms with E-state index in [4.69, 9.17) is 0 Å². The van der Waals surface area contributed by atoms with Crippen LogP contribution in [0.25, 0.3) is 65.1 Å². The van der Waals surface area contributed by atoms with Crippen LogP contribution in [0, 0.1) is 22.7 Å². The maximum Gasteiger partial charge on any atom is 0.0992 e. The van der Waals surface area contributed by atoms with E-state index in [2.05, 4.69) is 115 Å². The van der Waals surface area contributed by atoms with E-state index < -0.39 is 0 Å². The monoisotopic (exact) mass is 593 g/mol. The molecule has 2 heterocycles. The first-order chi connectivity index (χ1) is 22.0. The lowest BCUT2D eigenvalue weighted by Gasteiger charge is -2.21. The maximum atomic E-state index is 9.93. The van der Waals surface area contributed by atoms with Crippen LogP contribution in [-0.2, 0) is 11.8 Å². The van der Waals surface area contributed by atoms with E-state index in [1.807, 2.05) is 29.5 Å². The highest BCUT2D eigenvalue weighted by atomic mass is 32.1. The van der Waals surface area contributed by atoms with Gasteiger partial charge in [0.05, 0.1) is 28.9 Å². The van der Waals surface area contributed by atoms with Gasteiger partial charge in [0.2, 0.25) is 0 Å². The second-order valence-corrected chi connectivity index (χ2v) is 13.8. The highest BCUT2D eigenvalue weighted by Crippen LogP contribution is 2.51. The number of hydrogen-bond acceptors (Lipinski definition) is 3. The fraction of sp³-hybridized carbons (Fsp3) is 0.122. The van der Waals surface area contributed by atoms with Gasteiger partial charge in [0.25, 0.3) is 0 Å². The smallest absolute Gasteiger partial charge is 0.0992 e. The Balaban J connectivity index is 1.26. The molecule has 4 heteroatoms. The van der Waals surface area contributed by atoms with Gasteiger partial charge in [0.15, 0.2) is 0 Å². The molecule has 0 saturated carbocycles. The molecule has 212 valence electrons. The zero-order chi connectivity index (χ0) is 30.4. The number of allylic oxidation sites excluding steroid dienone is 1. The van der Waals surface area contributed by atoms with Crippen molar-refractivity contribution < 1.29 is 0 Å². The van der Waals surface area contributed by atoms with Crippen molar-refractivity contribution in [2.24, 2.45) is 0 Å². The minimum atomic E-state index is -0.0271. The van der Waals surface area contributed by atoms with Crippen LogP contribution >= 0.6 is 11.3 Å². The summed E-state index contributed by atoms with van der Waals surface area (Å²) in [5.41, 5.74) is 13.5. The van der Waals surface area contributed by atoms with E-state index in [1.54, 1.807) is 0 Å². The molecule has 3 nitrogen and oxygen atoms in total. The third-order valence-corrected chi connectivity index (χ3v) is 11.1. The predicted molar refractivity (Wildman–Crippen MR) is 186 cm³/mol. The summed E-state index contributed by atoms with van der Waals surface area (Å²) in [5.74, 6) is 0. The summed E-state index contributed by atoms with van der Waals surface area (Å²) in [6.45, 7) is 4.67. The first-order valence-electron chi connectivity index (χ1n) is 15.3. The van der Waals surface area contributed by atoms with Crippen molar-refractivity contribution in [2.45, 2.75) is 32.1 Å². The topological polar surface area (TPSA) is 52.5 Å². The number of hydrogen-bond donors (Lipinski definition) is 0.